The van der Waals surface area contributed by atoms with Gasteiger partial charge in [0.15, 0.2) is 0 Å². The predicted molar refractivity (Wildman–Crippen MR) is 64.9 cm³/mol. The summed E-state index contributed by atoms with van der Waals surface area (Å²) in [5.41, 5.74) is 0. The van der Waals surface area contributed by atoms with Gasteiger partial charge in [-0.1, -0.05) is 33.8 Å². The molecule has 0 saturated heterocycles. The van der Waals surface area contributed by atoms with E-state index in [-0.39, 0.29) is 12.2 Å². The average molecular weight is 225 g/mol. The third-order valence-electron chi connectivity index (χ3n) is 3.44. The van der Waals surface area contributed by atoms with E-state index in [1.54, 1.807) is 0 Å². The fraction of sp³-hybridized carbons (Fsp3) is 0.769. The van der Waals surface area contributed by atoms with Crippen LogP contribution in [0.4, 0.5) is 4.79 Å². The van der Waals surface area contributed by atoms with Gasteiger partial charge in [0.1, 0.15) is 6.10 Å². The van der Waals surface area contributed by atoms with Crippen molar-refractivity contribution in [3.05, 3.63) is 12.8 Å². The van der Waals surface area contributed by atoms with Crippen LogP contribution >= 0.6 is 0 Å². The van der Waals surface area contributed by atoms with E-state index < -0.39 is 0 Å². The molecule has 0 heterocycles. The first-order valence-corrected chi connectivity index (χ1v) is 6.12. The zero-order chi connectivity index (χ0) is 12.1. The molecule has 0 aromatic carbocycles. The summed E-state index contributed by atoms with van der Waals surface area (Å²) in [4.78, 5) is 11.4. The summed E-state index contributed by atoms with van der Waals surface area (Å²) in [7, 11) is 0. The molecule has 16 heavy (non-hydrogen) atoms. The maximum atomic E-state index is 11.4. The lowest BCUT2D eigenvalue weighted by Crippen LogP contribution is -2.37. The van der Waals surface area contributed by atoms with Gasteiger partial charge >= 0.3 is 6.09 Å². The maximum Gasteiger partial charge on any atom is 0.411 e. The standard InChI is InChI=1S/C13H23NO2/c1-5-14-13(15)16-12-8-10(4)6-7-11(12)9(2)3/h5,9-12H,1,6-8H2,2-4H3,(H,14,15)/t10-,11+,12-/m0/s1. The van der Waals surface area contributed by atoms with E-state index in [4.69, 9.17) is 4.74 Å². The summed E-state index contributed by atoms with van der Waals surface area (Å²) in [6.45, 7) is 10.1. The Labute approximate surface area is 98.2 Å². The van der Waals surface area contributed by atoms with Crippen LogP contribution < -0.4 is 5.32 Å². The SMILES string of the molecule is C=CNC(=O)O[C@H]1C[C@@H](C)CC[C@@H]1C(C)C. The number of hydrogen-bond donors (Lipinski definition) is 1. The summed E-state index contributed by atoms with van der Waals surface area (Å²) in [5.74, 6) is 1.71. The van der Waals surface area contributed by atoms with Gasteiger partial charge in [0.05, 0.1) is 0 Å². The molecular weight excluding hydrogens is 202 g/mol. The van der Waals surface area contributed by atoms with Crippen molar-refractivity contribution in [2.45, 2.75) is 46.1 Å². The molecule has 1 aliphatic rings. The fourth-order valence-electron chi connectivity index (χ4n) is 2.51. The smallest absolute Gasteiger partial charge is 0.411 e. The Kier molecular flexibility index (Phi) is 4.84. The van der Waals surface area contributed by atoms with Crippen LogP contribution in [0.2, 0.25) is 0 Å². The van der Waals surface area contributed by atoms with Gasteiger partial charge in [-0.3, -0.25) is 5.32 Å². The molecule has 0 aromatic rings. The molecule has 0 aromatic heterocycles. The van der Waals surface area contributed by atoms with Crippen LogP contribution in [0.1, 0.15) is 40.0 Å². The molecule has 1 aliphatic carbocycles. The molecule has 3 heteroatoms. The Morgan fingerprint density at radius 3 is 2.75 bits per heavy atom. The number of alkyl carbamates (subject to hydrolysis) is 1. The monoisotopic (exact) mass is 225 g/mol. The van der Waals surface area contributed by atoms with Gasteiger partial charge in [-0.2, -0.15) is 0 Å². The minimum Gasteiger partial charge on any atom is -0.446 e. The highest BCUT2D eigenvalue weighted by Gasteiger charge is 2.33. The first-order chi connectivity index (χ1) is 7.54. The predicted octanol–water partition coefficient (Wildman–Crippen LogP) is 3.32. The first kappa shape index (κ1) is 13.1. The number of ether oxygens (including phenoxy) is 1. The third kappa shape index (κ3) is 3.54. The van der Waals surface area contributed by atoms with Crippen molar-refractivity contribution in [2.24, 2.45) is 17.8 Å². The van der Waals surface area contributed by atoms with E-state index >= 15 is 0 Å². The van der Waals surface area contributed by atoms with Gasteiger partial charge in [-0.05, 0) is 36.8 Å². The second-order valence-corrected chi connectivity index (χ2v) is 5.12. The summed E-state index contributed by atoms with van der Waals surface area (Å²) in [5, 5.41) is 2.47. The number of hydrogen-bond acceptors (Lipinski definition) is 2. The van der Waals surface area contributed by atoms with Gasteiger partial charge in [0.25, 0.3) is 0 Å². The Balaban J connectivity index is 2.57. The van der Waals surface area contributed by atoms with E-state index in [1.807, 2.05) is 0 Å². The lowest BCUT2D eigenvalue weighted by atomic mass is 9.75. The molecule has 0 bridgehead atoms. The lowest BCUT2D eigenvalue weighted by molar-refractivity contribution is 0.00767. The number of carbonyl (C=O) groups excluding carboxylic acids is 1. The van der Waals surface area contributed by atoms with Crippen LogP contribution in [-0.4, -0.2) is 12.2 Å². The largest absolute Gasteiger partial charge is 0.446 e. The molecule has 0 spiro atoms. The fourth-order valence-corrected chi connectivity index (χ4v) is 2.51. The van der Waals surface area contributed by atoms with Gasteiger partial charge in [0.2, 0.25) is 0 Å². The molecule has 0 unspecified atom stereocenters. The van der Waals surface area contributed by atoms with E-state index in [0.717, 1.165) is 12.8 Å². The van der Waals surface area contributed by atoms with Crippen LogP contribution in [0.15, 0.2) is 12.8 Å². The Hall–Kier alpha value is -0.990. The van der Waals surface area contributed by atoms with Gasteiger partial charge in [-0.15, -0.1) is 0 Å². The van der Waals surface area contributed by atoms with Crippen LogP contribution in [-0.2, 0) is 4.74 Å². The maximum absolute atomic E-state index is 11.4. The summed E-state index contributed by atoms with van der Waals surface area (Å²) in [6.07, 6.45) is 4.42. The molecule has 1 N–H and O–H groups in total. The molecule has 1 rings (SSSR count). The Morgan fingerprint density at radius 1 is 1.50 bits per heavy atom. The van der Waals surface area contributed by atoms with Crippen molar-refractivity contribution in [2.75, 3.05) is 0 Å². The van der Waals surface area contributed by atoms with Crippen molar-refractivity contribution >= 4 is 6.09 Å². The molecule has 0 radical (unpaired) electrons. The van der Waals surface area contributed by atoms with Gasteiger partial charge < -0.3 is 4.74 Å². The molecule has 0 aliphatic heterocycles. The molecular formula is C13H23NO2. The highest BCUT2D eigenvalue weighted by Crippen LogP contribution is 2.35. The van der Waals surface area contributed by atoms with Crippen molar-refractivity contribution in [3.63, 3.8) is 0 Å². The highest BCUT2D eigenvalue weighted by atomic mass is 16.6. The summed E-state index contributed by atoms with van der Waals surface area (Å²) >= 11 is 0. The van der Waals surface area contributed by atoms with Crippen molar-refractivity contribution in [1.82, 2.24) is 5.32 Å². The van der Waals surface area contributed by atoms with E-state index in [1.165, 1.54) is 12.6 Å². The Bertz CT molecular complexity index is 250. The normalized spacial score (nSPS) is 29.9. The third-order valence-corrected chi connectivity index (χ3v) is 3.44. The Morgan fingerprint density at radius 2 is 2.19 bits per heavy atom. The quantitative estimate of drug-likeness (QED) is 0.800. The molecule has 1 amide bonds. The van der Waals surface area contributed by atoms with Crippen molar-refractivity contribution in [1.29, 1.82) is 0 Å². The molecule has 1 fully saturated rings. The second kappa shape index (κ2) is 5.92. The molecule has 1 saturated carbocycles. The minimum absolute atomic E-state index is 0.0590. The number of amides is 1. The van der Waals surface area contributed by atoms with Crippen molar-refractivity contribution < 1.29 is 9.53 Å². The van der Waals surface area contributed by atoms with E-state index in [2.05, 4.69) is 32.7 Å². The summed E-state index contributed by atoms with van der Waals surface area (Å²) < 4.78 is 5.45. The second-order valence-electron chi connectivity index (χ2n) is 5.12. The first-order valence-electron chi connectivity index (χ1n) is 6.12. The van der Waals surface area contributed by atoms with E-state index in [9.17, 15) is 4.79 Å². The van der Waals surface area contributed by atoms with Crippen LogP contribution in [0.5, 0.6) is 0 Å². The topological polar surface area (TPSA) is 38.3 Å². The van der Waals surface area contributed by atoms with Crippen molar-refractivity contribution in [3.8, 4) is 0 Å². The number of nitrogens with one attached hydrogen (secondary N) is 1. The van der Waals surface area contributed by atoms with Crippen LogP contribution in [0.3, 0.4) is 0 Å². The van der Waals surface area contributed by atoms with E-state index in [0.29, 0.717) is 17.8 Å². The zero-order valence-corrected chi connectivity index (χ0v) is 10.5. The number of rotatable bonds is 3. The average Bonchev–Trinajstić information content (AvgIpc) is 2.17. The molecule has 3 nitrogen and oxygen atoms in total. The summed E-state index contributed by atoms with van der Waals surface area (Å²) in [6, 6.07) is 0. The molecule has 3 atom stereocenters. The highest BCUT2D eigenvalue weighted by molar-refractivity contribution is 5.68. The van der Waals surface area contributed by atoms with Gasteiger partial charge in [0, 0.05) is 0 Å². The lowest BCUT2D eigenvalue weighted by Gasteiger charge is -2.36. The minimum atomic E-state index is -0.375. The number of carbonyl (C=O) groups is 1. The van der Waals surface area contributed by atoms with Crippen LogP contribution in [0, 0.1) is 17.8 Å². The molecule has 92 valence electrons. The van der Waals surface area contributed by atoms with Gasteiger partial charge in [-0.25, -0.2) is 4.79 Å². The zero-order valence-electron chi connectivity index (χ0n) is 10.5. The van der Waals surface area contributed by atoms with Crippen LogP contribution in [0.25, 0.3) is 0 Å².